The van der Waals surface area contributed by atoms with Gasteiger partial charge in [-0.25, -0.2) is 4.79 Å². The van der Waals surface area contributed by atoms with Crippen LogP contribution in [0.4, 0.5) is 0 Å². The van der Waals surface area contributed by atoms with Crippen LogP contribution in [0.2, 0.25) is 5.02 Å². The van der Waals surface area contributed by atoms with E-state index in [0.717, 1.165) is 10.8 Å². The zero-order valence-electron chi connectivity index (χ0n) is 8.92. The molecule has 1 aromatic heterocycles. The molecule has 1 aliphatic rings. The summed E-state index contributed by atoms with van der Waals surface area (Å²) in [7, 11) is 0. The Labute approximate surface area is 111 Å². The van der Waals surface area contributed by atoms with Crippen LogP contribution in [-0.4, -0.2) is 44.0 Å². The highest BCUT2D eigenvalue weighted by atomic mass is 35.5. The van der Waals surface area contributed by atoms with Gasteiger partial charge in [0.1, 0.15) is 22.6 Å². The highest BCUT2D eigenvalue weighted by Gasteiger charge is 2.43. The molecule has 0 aliphatic carbocycles. The molecule has 1 aliphatic heterocycles. The molecule has 9 heteroatoms. The third-order valence-corrected chi connectivity index (χ3v) is 3.42. The van der Waals surface area contributed by atoms with E-state index in [1.807, 2.05) is 4.98 Å². The number of aliphatic hydroxyl groups excluding tert-OH is 2. The minimum atomic E-state index is -1.13. The normalized spacial score (nSPS) is 31.8. The van der Waals surface area contributed by atoms with Crippen molar-refractivity contribution in [2.45, 2.75) is 23.8 Å². The van der Waals surface area contributed by atoms with Crippen LogP contribution < -0.4 is 11.2 Å². The summed E-state index contributed by atoms with van der Waals surface area (Å²) in [6.07, 6.45) is -1.95. The number of ether oxygens (including phenoxy) is 1. The lowest BCUT2D eigenvalue weighted by atomic mass is 10.2. The summed E-state index contributed by atoms with van der Waals surface area (Å²) in [5.41, 5.74) is -1.48. The average molecular weight is 297 g/mol. The summed E-state index contributed by atoms with van der Waals surface area (Å²) in [6, 6.07) is 0. The van der Waals surface area contributed by atoms with Gasteiger partial charge in [-0.1, -0.05) is 11.6 Å². The van der Waals surface area contributed by atoms with Gasteiger partial charge in [0, 0.05) is 6.20 Å². The second-order valence-corrected chi connectivity index (χ2v) is 4.74. The van der Waals surface area contributed by atoms with E-state index in [-0.39, 0.29) is 5.02 Å². The Hall–Kier alpha value is -0.860. The standard InChI is InChI=1S/C9H10Cl2N2O5/c10-3-1-13(9(17)12-7(3)16)8-5(11)6(15)4(2-14)18-8/h1,4-6,8,14-15H,2H2,(H,12,16,17)/t4-,5+,6-,8-/m1/s1. The quantitative estimate of drug-likeness (QED) is 0.610. The predicted molar refractivity (Wildman–Crippen MR) is 63.0 cm³/mol. The smallest absolute Gasteiger partial charge is 0.330 e. The first-order valence-corrected chi connectivity index (χ1v) is 5.86. The molecule has 0 unspecified atom stereocenters. The van der Waals surface area contributed by atoms with Crippen molar-refractivity contribution in [3.05, 3.63) is 32.1 Å². The SMILES string of the molecule is O=c1[nH]c(=O)n([C@@H]2O[C@H](CO)[C@@H](O)[C@@H]2Cl)cc1Cl. The van der Waals surface area contributed by atoms with Crippen molar-refractivity contribution in [3.8, 4) is 0 Å². The topological polar surface area (TPSA) is 105 Å². The van der Waals surface area contributed by atoms with Gasteiger partial charge in [-0.3, -0.25) is 14.3 Å². The maximum absolute atomic E-state index is 11.6. The summed E-state index contributed by atoms with van der Waals surface area (Å²) >= 11 is 11.5. The Morgan fingerprint density at radius 2 is 2.17 bits per heavy atom. The van der Waals surface area contributed by atoms with Crippen molar-refractivity contribution in [2.24, 2.45) is 0 Å². The van der Waals surface area contributed by atoms with Crippen LogP contribution >= 0.6 is 23.2 Å². The molecule has 3 N–H and O–H groups in total. The number of halogens is 2. The van der Waals surface area contributed by atoms with Crippen LogP contribution in [0.5, 0.6) is 0 Å². The molecule has 18 heavy (non-hydrogen) atoms. The number of aromatic amines is 1. The monoisotopic (exact) mass is 296 g/mol. The number of hydrogen-bond acceptors (Lipinski definition) is 5. The first kappa shape index (κ1) is 13.6. The molecule has 0 amide bonds. The molecule has 0 saturated carbocycles. The molecule has 0 spiro atoms. The second-order valence-electron chi connectivity index (χ2n) is 3.83. The molecular weight excluding hydrogens is 287 g/mol. The number of aromatic nitrogens is 2. The summed E-state index contributed by atoms with van der Waals surface area (Å²) in [5, 5.41) is 17.5. The summed E-state index contributed by atoms with van der Waals surface area (Å²) in [5.74, 6) is 0. The molecule has 1 fully saturated rings. The van der Waals surface area contributed by atoms with E-state index in [0.29, 0.717) is 0 Å². The Balaban J connectivity index is 2.42. The zero-order valence-corrected chi connectivity index (χ0v) is 10.4. The van der Waals surface area contributed by atoms with E-state index >= 15 is 0 Å². The van der Waals surface area contributed by atoms with E-state index in [1.165, 1.54) is 0 Å². The van der Waals surface area contributed by atoms with Crippen LogP contribution in [0.25, 0.3) is 0 Å². The minimum absolute atomic E-state index is 0.205. The number of nitrogens with one attached hydrogen (secondary N) is 1. The Morgan fingerprint density at radius 1 is 1.50 bits per heavy atom. The van der Waals surface area contributed by atoms with Gasteiger partial charge in [0.25, 0.3) is 5.56 Å². The van der Waals surface area contributed by atoms with Crippen LogP contribution in [-0.2, 0) is 4.74 Å². The molecule has 0 aromatic carbocycles. The van der Waals surface area contributed by atoms with Gasteiger partial charge in [-0.05, 0) is 0 Å². The number of hydrogen-bond donors (Lipinski definition) is 3. The van der Waals surface area contributed by atoms with Gasteiger partial charge in [-0.15, -0.1) is 11.6 Å². The first-order valence-electron chi connectivity index (χ1n) is 5.05. The van der Waals surface area contributed by atoms with Crippen molar-refractivity contribution < 1.29 is 14.9 Å². The molecule has 0 bridgehead atoms. The summed E-state index contributed by atoms with van der Waals surface area (Å²) in [6.45, 7) is -0.438. The van der Waals surface area contributed by atoms with Gasteiger partial charge >= 0.3 is 5.69 Å². The number of rotatable bonds is 2. The molecule has 1 saturated heterocycles. The molecule has 7 nitrogen and oxygen atoms in total. The van der Waals surface area contributed by atoms with Gasteiger partial charge < -0.3 is 14.9 Å². The van der Waals surface area contributed by atoms with Gasteiger partial charge in [0.15, 0.2) is 6.23 Å². The Morgan fingerprint density at radius 3 is 2.72 bits per heavy atom. The van der Waals surface area contributed by atoms with Crippen LogP contribution in [0.1, 0.15) is 6.23 Å². The van der Waals surface area contributed by atoms with Crippen LogP contribution in [0, 0.1) is 0 Å². The van der Waals surface area contributed by atoms with Gasteiger partial charge in [0.05, 0.1) is 6.61 Å². The molecule has 2 rings (SSSR count). The van der Waals surface area contributed by atoms with E-state index in [1.54, 1.807) is 0 Å². The maximum Gasteiger partial charge on any atom is 0.330 e. The van der Waals surface area contributed by atoms with E-state index in [2.05, 4.69) is 0 Å². The Kier molecular flexibility index (Phi) is 3.79. The highest BCUT2D eigenvalue weighted by molar-refractivity contribution is 6.30. The first-order chi connectivity index (χ1) is 8.45. The third-order valence-electron chi connectivity index (χ3n) is 2.67. The van der Waals surface area contributed by atoms with Crippen LogP contribution in [0.15, 0.2) is 15.8 Å². The fourth-order valence-corrected chi connectivity index (χ4v) is 2.22. The molecule has 1 aromatic rings. The fourth-order valence-electron chi connectivity index (χ4n) is 1.73. The molecular formula is C9H10Cl2N2O5. The van der Waals surface area contributed by atoms with E-state index < -0.39 is 41.7 Å². The number of alkyl halides is 1. The largest absolute Gasteiger partial charge is 0.394 e. The van der Waals surface area contributed by atoms with Crippen molar-refractivity contribution in [2.75, 3.05) is 6.61 Å². The zero-order chi connectivity index (χ0) is 13.4. The van der Waals surface area contributed by atoms with Crippen molar-refractivity contribution in [1.82, 2.24) is 9.55 Å². The maximum atomic E-state index is 11.6. The molecule has 4 atom stereocenters. The minimum Gasteiger partial charge on any atom is -0.394 e. The predicted octanol–water partition coefficient (Wildman–Crippen LogP) is -0.952. The van der Waals surface area contributed by atoms with E-state index in [4.69, 9.17) is 33.0 Å². The lowest BCUT2D eigenvalue weighted by molar-refractivity contribution is -0.0457. The number of nitrogens with zero attached hydrogens (tertiary/aromatic N) is 1. The van der Waals surface area contributed by atoms with Crippen molar-refractivity contribution in [3.63, 3.8) is 0 Å². The van der Waals surface area contributed by atoms with Gasteiger partial charge in [-0.2, -0.15) is 0 Å². The second kappa shape index (κ2) is 5.02. The number of H-pyrrole nitrogens is 1. The third kappa shape index (κ3) is 2.19. The summed E-state index contributed by atoms with van der Waals surface area (Å²) in [4.78, 5) is 24.7. The fraction of sp³-hybridized carbons (Fsp3) is 0.556. The molecule has 0 radical (unpaired) electrons. The Bertz CT molecular complexity index is 557. The lowest BCUT2D eigenvalue weighted by Gasteiger charge is -2.16. The lowest BCUT2D eigenvalue weighted by Crippen LogP contribution is -2.35. The van der Waals surface area contributed by atoms with Crippen molar-refractivity contribution in [1.29, 1.82) is 0 Å². The van der Waals surface area contributed by atoms with Crippen LogP contribution in [0.3, 0.4) is 0 Å². The summed E-state index contributed by atoms with van der Waals surface area (Å²) < 4.78 is 6.22. The average Bonchev–Trinajstić information content (AvgIpc) is 2.61. The molecule has 100 valence electrons. The van der Waals surface area contributed by atoms with Gasteiger partial charge in [0.2, 0.25) is 0 Å². The molecule has 2 heterocycles. The van der Waals surface area contributed by atoms with Crippen molar-refractivity contribution >= 4 is 23.2 Å². The highest BCUT2D eigenvalue weighted by Crippen LogP contribution is 2.32. The van der Waals surface area contributed by atoms with E-state index in [9.17, 15) is 14.7 Å². The number of aliphatic hydroxyl groups is 2.